The normalized spacial score (nSPS) is 13.1. The van der Waals surface area contributed by atoms with Gasteiger partial charge in [-0.05, 0) is 26.3 Å². The van der Waals surface area contributed by atoms with Gasteiger partial charge in [0.15, 0.2) is 0 Å². The molecule has 0 amide bonds. The Kier molecular flexibility index (Phi) is 5.31. The number of hydrogen-bond acceptors (Lipinski definition) is 4. The van der Waals surface area contributed by atoms with E-state index in [-0.39, 0.29) is 5.97 Å². The summed E-state index contributed by atoms with van der Waals surface area (Å²) < 4.78 is 5.20. The number of rotatable bonds is 5. The molecule has 1 rings (SSSR count). The Balaban J connectivity index is 2.29. The van der Waals surface area contributed by atoms with E-state index in [1.165, 1.54) is 0 Å². The second kappa shape index (κ2) is 6.52. The lowest BCUT2D eigenvalue weighted by molar-refractivity contribution is -0.156. The van der Waals surface area contributed by atoms with Crippen molar-refractivity contribution in [3.63, 3.8) is 0 Å². The summed E-state index contributed by atoms with van der Waals surface area (Å²) in [6.07, 6.45) is 0. The largest absolute Gasteiger partial charge is 0.459 e. The zero-order valence-corrected chi connectivity index (χ0v) is 11.3. The fourth-order valence-electron chi connectivity index (χ4n) is 1.43. The fourth-order valence-corrected chi connectivity index (χ4v) is 1.43. The van der Waals surface area contributed by atoms with E-state index in [0.29, 0.717) is 13.1 Å². The first-order chi connectivity index (χ1) is 8.38. The van der Waals surface area contributed by atoms with Gasteiger partial charge in [-0.25, -0.2) is 0 Å². The number of esters is 1. The molecule has 1 unspecified atom stereocenters. The van der Waals surface area contributed by atoms with Crippen molar-refractivity contribution in [1.82, 2.24) is 5.32 Å². The molecule has 1 atom stereocenters. The molecule has 0 aliphatic heterocycles. The molecule has 0 heterocycles. The highest BCUT2D eigenvalue weighted by Gasteiger charge is 2.21. The van der Waals surface area contributed by atoms with Crippen LogP contribution < -0.4 is 11.1 Å². The monoisotopic (exact) mass is 250 g/mol. The van der Waals surface area contributed by atoms with Crippen LogP contribution in [0.3, 0.4) is 0 Å². The third-order valence-electron chi connectivity index (χ3n) is 2.25. The zero-order chi connectivity index (χ0) is 13.6. The van der Waals surface area contributed by atoms with Gasteiger partial charge in [-0.15, -0.1) is 0 Å². The third-order valence-corrected chi connectivity index (χ3v) is 2.25. The predicted molar refractivity (Wildman–Crippen MR) is 72.0 cm³/mol. The van der Waals surface area contributed by atoms with Gasteiger partial charge in [0, 0.05) is 13.1 Å². The van der Waals surface area contributed by atoms with Crippen LogP contribution in [0.5, 0.6) is 0 Å². The topological polar surface area (TPSA) is 64.3 Å². The lowest BCUT2D eigenvalue weighted by Crippen LogP contribution is -2.43. The van der Waals surface area contributed by atoms with Gasteiger partial charge >= 0.3 is 5.97 Å². The van der Waals surface area contributed by atoms with Gasteiger partial charge in [-0.2, -0.15) is 0 Å². The van der Waals surface area contributed by atoms with Gasteiger partial charge in [-0.1, -0.05) is 30.3 Å². The Morgan fingerprint density at radius 1 is 1.33 bits per heavy atom. The van der Waals surface area contributed by atoms with Crippen LogP contribution in [-0.2, 0) is 16.1 Å². The van der Waals surface area contributed by atoms with E-state index in [4.69, 9.17) is 10.5 Å². The zero-order valence-electron chi connectivity index (χ0n) is 11.3. The van der Waals surface area contributed by atoms with Crippen LogP contribution in [0.25, 0.3) is 0 Å². The minimum absolute atomic E-state index is 0.372. The molecule has 100 valence electrons. The molecule has 1 aromatic carbocycles. The summed E-state index contributed by atoms with van der Waals surface area (Å²) in [5.74, 6) is -0.372. The molecular formula is C14H22N2O2. The predicted octanol–water partition coefficient (Wildman–Crippen LogP) is 1.45. The molecule has 1 aromatic rings. The highest BCUT2D eigenvalue weighted by atomic mass is 16.6. The standard InChI is InChI=1S/C14H22N2O2/c1-14(2,3)18-13(17)12(15)10-16-9-11-7-5-4-6-8-11/h4-8,12,16H,9-10,15H2,1-3H3. The van der Waals surface area contributed by atoms with E-state index in [0.717, 1.165) is 5.56 Å². The molecule has 0 aliphatic rings. The Morgan fingerprint density at radius 3 is 2.50 bits per heavy atom. The van der Waals surface area contributed by atoms with Crippen molar-refractivity contribution in [2.45, 2.75) is 39.0 Å². The van der Waals surface area contributed by atoms with Crippen LogP contribution in [0, 0.1) is 0 Å². The molecule has 4 heteroatoms. The van der Waals surface area contributed by atoms with Crippen LogP contribution in [-0.4, -0.2) is 24.2 Å². The first kappa shape index (κ1) is 14.7. The van der Waals surface area contributed by atoms with Gasteiger partial charge < -0.3 is 15.8 Å². The maximum absolute atomic E-state index is 11.6. The molecule has 0 aliphatic carbocycles. The van der Waals surface area contributed by atoms with Gasteiger partial charge in [0.2, 0.25) is 0 Å². The smallest absolute Gasteiger partial charge is 0.324 e. The van der Waals surface area contributed by atoms with E-state index in [9.17, 15) is 4.79 Å². The summed E-state index contributed by atoms with van der Waals surface area (Å²) in [5.41, 5.74) is 6.42. The number of carbonyl (C=O) groups excluding carboxylic acids is 1. The van der Waals surface area contributed by atoms with Crippen LogP contribution in [0.2, 0.25) is 0 Å². The summed E-state index contributed by atoms with van der Waals surface area (Å²) in [5, 5.41) is 3.14. The highest BCUT2D eigenvalue weighted by molar-refractivity contribution is 5.76. The number of carbonyl (C=O) groups is 1. The first-order valence-corrected chi connectivity index (χ1v) is 6.11. The van der Waals surface area contributed by atoms with Crippen LogP contribution in [0.1, 0.15) is 26.3 Å². The van der Waals surface area contributed by atoms with Crippen molar-refractivity contribution in [3.05, 3.63) is 35.9 Å². The molecule has 3 N–H and O–H groups in total. The summed E-state index contributed by atoms with van der Waals surface area (Å²) in [6, 6.07) is 9.33. The van der Waals surface area contributed by atoms with Crippen molar-refractivity contribution < 1.29 is 9.53 Å². The summed E-state index contributed by atoms with van der Waals surface area (Å²) in [4.78, 5) is 11.6. The van der Waals surface area contributed by atoms with E-state index in [1.54, 1.807) is 0 Å². The second-order valence-electron chi connectivity index (χ2n) is 5.26. The summed E-state index contributed by atoms with van der Waals surface area (Å²) in [7, 11) is 0. The molecule has 18 heavy (non-hydrogen) atoms. The minimum atomic E-state index is -0.632. The molecule has 0 saturated carbocycles. The van der Waals surface area contributed by atoms with Crippen molar-refractivity contribution in [3.8, 4) is 0 Å². The molecule has 0 radical (unpaired) electrons. The first-order valence-electron chi connectivity index (χ1n) is 6.11. The number of nitrogens with one attached hydrogen (secondary N) is 1. The Morgan fingerprint density at radius 2 is 1.94 bits per heavy atom. The van der Waals surface area contributed by atoms with Crippen LogP contribution in [0.4, 0.5) is 0 Å². The highest BCUT2D eigenvalue weighted by Crippen LogP contribution is 2.07. The number of nitrogens with two attached hydrogens (primary N) is 1. The van der Waals surface area contributed by atoms with Gasteiger partial charge in [0.25, 0.3) is 0 Å². The lowest BCUT2D eigenvalue weighted by atomic mass is 10.2. The lowest BCUT2D eigenvalue weighted by Gasteiger charge is -2.22. The molecular weight excluding hydrogens is 228 g/mol. The van der Waals surface area contributed by atoms with E-state index in [2.05, 4.69) is 5.32 Å². The van der Waals surface area contributed by atoms with Crippen LogP contribution >= 0.6 is 0 Å². The molecule has 0 saturated heterocycles. The fraction of sp³-hybridized carbons (Fsp3) is 0.500. The van der Waals surface area contributed by atoms with Crippen molar-refractivity contribution in [1.29, 1.82) is 0 Å². The third kappa shape index (κ3) is 5.80. The molecule has 0 aromatic heterocycles. The van der Waals surface area contributed by atoms with Crippen molar-refractivity contribution >= 4 is 5.97 Å². The average Bonchev–Trinajstić information content (AvgIpc) is 2.28. The number of hydrogen-bond donors (Lipinski definition) is 2. The Labute approximate surface area is 109 Å². The Hall–Kier alpha value is -1.39. The van der Waals surface area contributed by atoms with E-state index >= 15 is 0 Å². The SMILES string of the molecule is CC(C)(C)OC(=O)C(N)CNCc1ccccc1. The van der Waals surface area contributed by atoms with Gasteiger partial charge in [0.1, 0.15) is 11.6 Å². The van der Waals surface area contributed by atoms with Crippen LogP contribution in [0.15, 0.2) is 30.3 Å². The summed E-state index contributed by atoms with van der Waals surface area (Å²) in [6.45, 7) is 6.58. The number of benzene rings is 1. The van der Waals surface area contributed by atoms with Crippen molar-refractivity contribution in [2.24, 2.45) is 5.73 Å². The van der Waals surface area contributed by atoms with E-state index < -0.39 is 11.6 Å². The molecule has 4 nitrogen and oxygen atoms in total. The maximum atomic E-state index is 11.6. The van der Waals surface area contributed by atoms with Gasteiger partial charge in [-0.3, -0.25) is 4.79 Å². The minimum Gasteiger partial charge on any atom is -0.459 e. The summed E-state index contributed by atoms with van der Waals surface area (Å²) >= 11 is 0. The Bertz CT molecular complexity index is 371. The average molecular weight is 250 g/mol. The van der Waals surface area contributed by atoms with Gasteiger partial charge in [0.05, 0.1) is 0 Å². The number of ether oxygens (including phenoxy) is 1. The quantitative estimate of drug-likeness (QED) is 0.776. The second-order valence-corrected chi connectivity index (χ2v) is 5.26. The molecule has 0 spiro atoms. The van der Waals surface area contributed by atoms with Crippen molar-refractivity contribution in [2.75, 3.05) is 6.54 Å². The molecule has 0 fully saturated rings. The van der Waals surface area contributed by atoms with E-state index in [1.807, 2.05) is 51.1 Å². The molecule has 0 bridgehead atoms. The maximum Gasteiger partial charge on any atom is 0.324 e.